The van der Waals surface area contributed by atoms with E-state index in [1.165, 1.54) is 7.11 Å². The number of hydrogen-bond acceptors (Lipinski definition) is 16. The van der Waals surface area contributed by atoms with Crippen molar-refractivity contribution in [1.29, 1.82) is 0 Å². The van der Waals surface area contributed by atoms with Gasteiger partial charge in [-0.25, -0.2) is 5.26 Å². The Morgan fingerprint density at radius 3 is 1.39 bits per heavy atom. The van der Waals surface area contributed by atoms with Crippen molar-refractivity contribution in [2.75, 3.05) is 49.8 Å². The fourth-order valence-electron chi connectivity index (χ4n) is 6.65. The molecule has 1 atom stereocenters. The van der Waals surface area contributed by atoms with Crippen molar-refractivity contribution in [1.82, 2.24) is 0 Å². The van der Waals surface area contributed by atoms with Crippen molar-refractivity contribution in [3.8, 4) is 51.4 Å². The third-order valence-electron chi connectivity index (χ3n) is 10.3. The summed E-state index contributed by atoms with van der Waals surface area (Å²) in [5.74, 6) is 3.47. The van der Waals surface area contributed by atoms with E-state index in [0.717, 1.165) is 52.0 Å². The van der Waals surface area contributed by atoms with Crippen LogP contribution in [-0.2, 0) is 36.4 Å². The lowest BCUT2D eigenvalue weighted by molar-refractivity contribution is -0.244. The van der Waals surface area contributed by atoms with Crippen molar-refractivity contribution < 1.29 is 78.3 Å². The molecule has 0 aromatic heterocycles. The molecular formula is C55H56Br3O16P. The predicted molar refractivity (Wildman–Crippen MR) is 296 cm³/mol. The van der Waals surface area contributed by atoms with Gasteiger partial charge in [-0.15, -0.1) is 0 Å². The number of carbonyl (C=O) groups is 4. The average molecular weight is 1240 g/mol. The molecule has 7 rings (SSSR count). The molecule has 2 N–H and O–H groups in total. The minimum absolute atomic E-state index is 0. The molecule has 0 bridgehead atoms. The lowest BCUT2D eigenvalue weighted by Crippen LogP contribution is -2.10. The summed E-state index contributed by atoms with van der Waals surface area (Å²) >= 11 is 10.0. The second-order valence-electron chi connectivity index (χ2n) is 15.3. The first-order valence-electron chi connectivity index (χ1n) is 22.0. The van der Waals surface area contributed by atoms with Gasteiger partial charge in [-0.2, -0.15) is 0 Å². The Morgan fingerprint density at radius 1 is 0.547 bits per heavy atom. The molecule has 0 spiro atoms. The van der Waals surface area contributed by atoms with E-state index in [1.54, 1.807) is 135 Å². The van der Waals surface area contributed by atoms with Gasteiger partial charge in [-0.05, 0) is 129 Å². The summed E-state index contributed by atoms with van der Waals surface area (Å²) in [6.45, 7) is 1.56. The summed E-state index contributed by atoms with van der Waals surface area (Å²) in [5.41, 5.74) is 4.88. The van der Waals surface area contributed by atoms with Gasteiger partial charge in [0.25, 0.3) is 0 Å². The normalized spacial score (nSPS) is 10.2. The zero-order chi connectivity index (χ0) is 55.6. The Balaban J connectivity index is 0.000000347. The Bertz CT molecular complexity index is 3010. The molecule has 0 aliphatic heterocycles. The summed E-state index contributed by atoms with van der Waals surface area (Å²) in [6.07, 6.45) is 0.301. The zero-order valence-electron chi connectivity index (χ0n) is 42.0. The van der Waals surface area contributed by atoms with Gasteiger partial charge in [-0.3, -0.25) is 19.2 Å². The number of fused-ring (bicyclic) bond motifs is 1. The molecule has 0 saturated heterocycles. The zero-order valence-corrected chi connectivity index (χ0v) is 47.7. The fraction of sp³-hybridized carbons (Fsp3) is 0.200. The van der Waals surface area contributed by atoms with Gasteiger partial charge in [0, 0.05) is 37.1 Å². The number of ketones is 3. The first kappa shape index (κ1) is 62.6. The standard InChI is InChI=1S/C18H17BrO4.C18H15BrO3.C11H14O4.C8H7BrO.HO4P.H2/c1-22-17-8-3-12(10-18(17)23-2)9-15(20)11-16(21)13-4-6-14(19)7-5-13;1-21-17-8-12-7-14(20)9-15(16(12)10-18(17)22-2)11-3-5-13(19)6-4-11;1-13-9-5-4-8(6-10(9)14-2)7-11(12)15-3;1-6(10)7-2-4-8(9)5-3-7;1-4-5(2)3;/h3-8,10H,9,11H2,1-2H3;3-10,20H,1-2H3;4-6H,7H2,1-3H3;2-5H,1H3;1H;1H. The monoisotopic (exact) mass is 1240 g/mol. The van der Waals surface area contributed by atoms with Crippen molar-refractivity contribution in [3.05, 3.63) is 169 Å². The molecule has 0 saturated carbocycles. The van der Waals surface area contributed by atoms with Crippen LogP contribution in [0.5, 0.6) is 40.2 Å². The number of carbonyl (C=O) groups excluding carboxylic acids is 4. The van der Waals surface area contributed by atoms with Gasteiger partial charge in [0.15, 0.2) is 46.1 Å². The predicted octanol–water partition coefficient (Wildman–Crippen LogP) is 12.7. The number of esters is 1. The quantitative estimate of drug-likeness (QED) is 0.0229. The molecule has 0 amide bonds. The number of methoxy groups -OCH3 is 7. The molecule has 0 aliphatic rings. The lowest BCUT2D eigenvalue weighted by atomic mass is 9.97. The van der Waals surface area contributed by atoms with Crippen molar-refractivity contribution in [3.63, 3.8) is 0 Å². The Labute approximate surface area is 462 Å². The summed E-state index contributed by atoms with van der Waals surface area (Å²) in [7, 11) is 7.76. The highest BCUT2D eigenvalue weighted by Crippen LogP contribution is 2.39. The third-order valence-corrected chi connectivity index (χ3v) is 12.0. The van der Waals surface area contributed by atoms with Crippen LogP contribution in [0.25, 0.3) is 21.9 Å². The maximum atomic E-state index is 12.1. The summed E-state index contributed by atoms with van der Waals surface area (Å²) in [4.78, 5) is 54.9. The molecule has 0 aliphatic carbocycles. The van der Waals surface area contributed by atoms with Crippen molar-refractivity contribution >= 4 is 90.1 Å². The number of phenols is 1. The largest absolute Gasteiger partial charge is 0.565 e. The number of phenolic OH excluding ortho intramolecular Hbond substituents is 1. The van der Waals surface area contributed by atoms with E-state index in [2.05, 4.69) is 57.2 Å². The highest BCUT2D eigenvalue weighted by molar-refractivity contribution is 9.11. The molecule has 75 heavy (non-hydrogen) atoms. The van der Waals surface area contributed by atoms with Gasteiger partial charge in [0.1, 0.15) is 11.5 Å². The Kier molecular flexibility index (Phi) is 27.2. The molecule has 0 heterocycles. The molecule has 0 fully saturated rings. The van der Waals surface area contributed by atoms with Gasteiger partial charge < -0.3 is 43.2 Å². The number of benzene rings is 7. The maximum Gasteiger partial charge on any atom is 0.521 e. The molecule has 0 radical (unpaired) electrons. The second-order valence-corrected chi connectivity index (χ2v) is 18.6. The summed E-state index contributed by atoms with van der Waals surface area (Å²) in [5, 5.41) is 19.0. The van der Waals surface area contributed by atoms with Crippen LogP contribution in [0.1, 0.15) is 46.6 Å². The molecule has 7 aromatic rings. The molecule has 16 nitrogen and oxygen atoms in total. The lowest BCUT2D eigenvalue weighted by Gasteiger charge is -2.13. The molecule has 20 heteroatoms. The van der Waals surface area contributed by atoms with Crippen LogP contribution < -0.4 is 33.3 Å². The smallest absolute Gasteiger partial charge is 0.521 e. The van der Waals surface area contributed by atoms with E-state index in [0.29, 0.717) is 40.1 Å². The number of rotatable bonds is 16. The van der Waals surface area contributed by atoms with Crippen molar-refractivity contribution in [2.45, 2.75) is 26.2 Å². The SMILES string of the molecule is CC(=O)c1ccc(Br)cc1.COC(=O)Cc1ccc(OC)c(OC)c1.COc1cc2cc(O)cc(-c3ccc(Br)cc3)c2cc1OC.COc1ccc(CC(=O)CC(=O)c2ccc(Br)cc2)cc1OC.O=[P+]([O-])OO.[HH]. The van der Waals surface area contributed by atoms with Crippen LogP contribution in [0.4, 0.5) is 0 Å². The fourth-order valence-corrected chi connectivity index (χ4v) is 7.45. The van der Waals surface area contributed by atoms with Crippen LogP contribution in [0, 0.1) is 0 Å². The number of ether oxygens (including phenoxy) is 7. The Hall–Kier alpha value is -6.70. The highest BCUT2D eigenvalue weighted by Gasteiger charge is 2.15. The van der Waals surface area contributed by atoms with E-state index in [4.69, 9.17) is 43.1 Å². The average Bonchev–Trinajstić information content (AvgIpc) is 3.41. The number of hydrogen-bond donors (Lipinski definition) is 2. The maximum absolute atomic E-state index is 12.1. The van der Waals surface area contributed by atoms with Gasteiger partial charge >= 0.3 is 14.2 Å². The van der Waals surface area contributed by atoms with E-state index in [-0.39, 0.29) is 49.8 Å². The number of halogens is 3. The van der Waals surface area contributed by atoms with Gasteiger partial charge in [-0.1, -0.05) is 96.3 Å². The number of aromatic hydroxyl groups is 1. The van der Waals surface area contributed by atoms with Crippen molar-refractivity contribution in [2.24, 2.45) is 0 Å². The molecule has 1 unspecified atom stereocenters. The highest BCUT2D eigenvalue weighted by atomic mass is 79.9. The van der Waals surface area contributed by atoms with Gasteiger partial charge in [0.05, 0.1) is 62.6 Å². The number of Topliss-reactive ketones (excluding diaryl/α,β-unsaturated/α-hetero) is 3. The van der Waals surface area contributed by atoms with Crippen LogP contribution in [0.2, 0.25) is 0 Å². The van der Waals surface area contributed by atoms with Crippen LogP contribution >= 0.6 is 56.0 Å². The molecule has 7 aromatic carbocycles. The molecule has 398 valence electrons. The third kappa shape index (κ3) is 20.9. The first-order valence-corrected chi connectivity index (χ1v) is 25.5. The van der Waals surface area contributed by atoms with Gasteiger partial charge in [0.2, 0.25) is 0 Å². The second kappa shape index (κ2) is 32.6. The molecular weight excluding hydrogens is 1190 g/mol. The Morgan fingerprint density at radius 2 is 0.960 bits per heavy atom. The van der Waals surface area contributed by atoms with E-state index < -0.39 is 8.25 Å². The van der Waals surface area contributed by atoms with Crippen LogP contribution in [0.15, 0.2) is 147 Å². The van der Waals surface area contributed by atoms with Crippen LogP contribution in [-0.4, -0.2) is 83.5 Å². The summed E-state index contributed by atoms with van der Waals surface area (Å²) in [6, 6.07) is 40.2. The topological polar surface area (TPSA) is 223 Å². The minimum Gasteiger partial charge on any atom is -0.565 e. The van der Waals surface area contributed by atoms with E-state index >= 15 is 0 Å². The first-order chi connectivity index (χ1) is 35.8. The summed E-state index contributed by atoms with van der Waals surface area (Å²) < 4.78 is 50.4. The minimum atomic E-state index is -3.04. The van der Waals surface area contributed by atoms with E-state index in [1.807, 2.05) is 48.5 Å². The van der Waals surface area contributed by atoms with E-state index in [9.17, 15) is 24.3 Å². The van der Waals surface area contributed by atoms with Crippen LogP contribution in [0.3, 0.4) is 0 Å².